The molecule has 2 N–H and O–H groups in total. The quantitative estimate of drug-likeness (QED) is 0.820. The number of nitrogens with zero attached hydrogens (tertiary/aromatic N) is 2. The summed E-state index contributed by atoms with van der Waals surface area (Å²) in [7, 11) is 0. The maximum absolute atomic E-state index is 11.6. The number of fused-ring (bicyclic) bond motifs is 1. The van der Waals surface area contributed by atoms with Crippen molar-refractivity contribution in [2.24, 2.45) is 5.92 Å². The van der Waals surface area contributed by atoms with Crippen LogP contribution in [-0.2, 0) is 17.6 Å². The molecule has 0 atom stereocenters. The first-order chi connectivity index (χ1) is 8.66. The van der Waals surface area contributed by atoms with Crippen molar-refractivity contribution >= 4 is 11.7 Å². The van der Waals surface area contributed by atoms with Gasteiger partial charge in [0.25, 0.3) is 0 Å². The van der Waals surface area contributed by atoms with Crippen molar-refractivity contribution in [3.05, 3.63) is 17.6 Å². The van der Waals surface area contributed by atoms with Gasteiger partial charge in [0.2, 0.25) is 5.91 Å². The van der Waals surface area contributed by atoms with Gasteiger partial charge >= 0.3 is 0 Å². The monoisotopic (exact) mass is 248 g/mol. The van der Waals surface area contributed by atoms with Crippen LogP contribution in [0.25, 0.3) is 0 Å². The molecule has 98 valence electrons. The van der Waals surface area contributed by atoms with Crippen LogP contribution < -0.4 is 10.6 Å². The van der Waals surface area contributed by atoms with Crippen molar-refractivity contribution in [1.82, 2.24) is 15.3 Å². The van der Waals surface area contributed by atoms with E-state index in [9.17, 15) is 4.79 Å². The lowest BCUT2D eigenvalue weighted by atomic mass is 10.2. The van der Waals surface area contributed by atoms with Gasteiger partial charge in [0.05, 0.1) is 6.54 Å². The summed E-state index contributed by atoms with van der Waals surface area (Å²) in [6.07, 6.45) is 4.72. The molecule has 0 saturated carbocycles. The number of rotatable bonds is 5. The topological polar surface area (TPSA) is 66.9 Å². The van der Waals surface area contributed by atoms with Crippen molar-refractivity contribution in [1.29, 1.82) is 0 Å². The average molecular weight is 248 g/mol. The Morgan fingerprint density at radius 2 is 2.22 bits per heavy atom. The van der Waals surface area contributed by atoms with Gasteiger partial charge in [0.15, 0.2) is 0 Å². The molecule has 0 fully saturated rings. The Labute approximate surface area is 107 Å². The van der Waals surface area contributed by atoms with Gasteiger partial charge < -0.3 is 10.6 Å². The molecule has 5 heteroatoms. The number of carbonyl (C=O) groups is 1. The van der Waals surface area contributed by atoms with Crippen molar-refractivity contribution in [2.75, 3.05) is 18.4 Å². The van der Waals surface area contributed by atoms with E-state index in [1.165, 1.54) is 5.56 Å². The van der Waals surface area contributed by atoms with Crippen LogP contribution in [-0.4, -0.2) is 29.0 Å². The Morgan fingerprint density at radius 3 is 3.00 bits per heavy atom. The highest BCUT2D eigenvalue weighted by Gasteiger charge is 2.17. The van der Waals surface area contributed by atoms with Gasteiger partial charge in [-0.3, -0.25) is 4.79 Å². The highest BCUT2D eigenvalue weighted by Crippen LogP contribution is 2.24. The zero-order valence-electron chi connectivity index (χ0n) is 11.0. The Bertz CT molecular complexity index is 431. The second kappa shape index (κ2) is 5.80. The van der Waals surface area contributed by atoms with Gasteiger partial charge in [-0.1, -0.05) is 13.8 Å². The van der Waals surface area contributed by atoms with Gasteiger partial charge in [-0.2, -0.15) is 0 Å². The molecule has 0 bridgehead atoms. The minimum atomic E-state index is 0.00839. The number of nitrogens with one attached hydrogen (secondary N) is 2. The first kappa shape index (κ1) is 12.8. The third kappa shape index (κ3) is 3.18. The van der Waals surface area contributed by atoms with Crippen LogP contribution in [0.3, 0.4) is 0 Å². The Balaban J connectivity index is 1.87. The number of carbonyl (C=O) groups excluding carboxylic acids is 1. The van der Waals surface area contributed by atoms with Gasteiger partial charge in [-0.15, -0.1) is 0 Å². The van der Waals surface area contributed by atoms with E-state index >= 15 is 0 Å². The molecule has 0 aromatic carbocycles. The SMILES string of the molecule is CC(C)CNC(=O)CNc1ncnc2c1CCC2. The summed E-state index contributed by atoms with van der Waals surface area (Å²) in [6.45, 7) is 5.13. The molecule has 1 heterocycles. The zero-order valence-corrected chi connectivity index (χ0v) is 11.0. The van der Waals surface area contributed by atoms with E-state index in [1.807, 2.05) is 0 Å². The van der Waals surface area contributed by atoms with E-state index < -0.39 is 0 Å². The van der Waals surface area contributed by atoms with Crippen LogP contribution >= 0.6 is 0 Å². The lowest BCUT2D eigenvalue weighted by Gasteiger charge is -2.10. The second-order valence-corrected chi connectivity index (χ2v) is 5.05. The van der Waals surface area contributed by atoms with Crippen LogP contribution in [0, 0.1) is 5.92 Å². The van der Waals surface area contributed by atoms with Gasteiger partial charge in [0.1, 0.15) is 12.1 Å². The maximum atomic E-state index is 11.6. The number of aromatic nitrogens is 2. The summed E-state index contributed by atoms with van der Waals surface area (Å²) in [5.74, 6) is 1.29. The lowest BCUT2D eigenvalue weighted by Crippen LogP contribution is -2.32. The van der Waals surface area contributed by atoms with E-state index in [2.05, 4.69) is 34.4 Å². The fourth-order valence-corrected chi connectivity index (χ4v) is 2.06. The third-order valence-corrected chi connectivity index (χ3v) is 3.00. The molecular weight excluding hydrogens is 228 g/mol. The van der Waals surface area contributed by atoms with Crippen LogP contribution in [0.5, 0.6) is 0 Å². The van der Waals surface area contributed by atoms with Gasteiger partial charge in [0, 0.05) is 17.8 Å². The van der Waals surface area contributed by atoms with Crippen LogP contribution in [0.1, 0.15) is 31.5 Å². The molecule has 18 heavy (non-hydrogen) atoms. The molecule has 1 aromatic rings. The minimum absolute atomic E-state index is 0.00839. The zero-order chi connectivity index (χ0) is 13.0. The molecule has 0 unspecified atom stereocenters. The van der Waals surface area contributed by atoms with E-state index in [1.54, 1.807) is 6.33 Å². The van der Waals surface area contributed by atoms with Crippen molar-refractivity contribution in [3.63, 3.8) is 0 Å². The summed E-state index contributed by atoms with van der Waals surface area (Å²) in [5.41, 5.74) is 2.30. The first-order valence-corrected chi connectivity index (χ1v) is 6.50. The fraction of sp³-hybridized carbons (Fsp3) is 0.615. The summed E-state index contributed by atoms with van der Waals surface area (Å²) in [6, 6.07) is 0. The molecular formula is C13H20N4O. The number of hydrogen-bond acceptors (Lipinski definition) is 4. The summed E-state index contributed by atoms with van der Waals surface area (Å²) in [4.78, 5) is 20.1. The summed E-state index contributed by atoms with van der Waals surface area (Å²) < 4.78 is 0. The van der Waals surface area contributed by atoms with Crippen LogP contribution in [0.2, 0.25) is 0 Å². The van der Waals surface area contributed by atoms with Crippen molar-refractivity contribution in [3.8, 4) is 0 Å². The molecule has 0 spiro atoms. The molecule has 0 radical (unpaired) electrons. The summed E-state index contributed by atoms with van der Waals surface area (Å²) >= 11 is 0. The molecule has 1 aromatic heterocycles. The van der Waals surface area contributed by atoms with Gasteiger partial charge in [-0.05, 0) is 25.2 Å². The normalized spacial score (nSPS) is 13.5. The number of amides is 1. The smallest absolute Gasteiger partial charge is 0.239 e. The van der Waals surface area contributed by atoms with E-state index in [4.69, 9.17) is 0 Å². The molecule has 2 rings (SSSR count). The largest absolute Gasteiger partial charge is 0.361 e. The maximum Gasteiger partial charge on any atom is 0.239 e. The minimum Gasteiger partial charge on any atom is -0.361 e. The first-order valence-electron chi connectivity index (χ1n) is 6.50. The van der Waals surface area contributed by atoms with Crippen molar-refractivity contribution in [2.45, 2.75) is 33.1 Å². The Kier molecular flexibility index (Phi) is 4.12. The molecule has 1 aliphatic rings. The molecule has 1 amide bonds. The number of anilines is 1. The standard InChI is InChI=1S/C13H20N4O/c1-9(2)6-14-12(18)7-15-13-10-4-3-5-11(10)16-8-17-13/h8-9H,3-7H2,1-2H3,(H,14,18)(H,15,16,17). The summed E-state index contributed by atoms with van der Waals surface area (Å²) in [5, 5.41) is 5.98. The highest BCUT2D eigenvalue weighted by molar-refractivity contribution is 5.80. The molecule has 0 saturated heterocycles. The van der Waals surface area contributed by atoms with E-state index in [-0.39, 0.29) is 12.5 Å². The molecule has 0 aliphatic heterocycles. The number of hydrogen-bond donors (Lipinski definition) is 2. The molecule has 5 nitrogen and oxygen atoms in total. The highest BCUT2D eigenvalue weighted by atomic mass is 16.1. The van der Waals surface area contributed by atoms with E-state index in [0.29, 0.717) is 12.5 Å². The van der Waals surface area contributed by atoms with Crippen molar-refractivity contribution < 1.29 is 4.79 Å². The van der Waals surface area contributed by atoms with E-state index in [0.717, 1.165) is 30.8 Å². The Hall–Kier alpha value is -1.65. The Morgan fingerprint density at radius 1 is 1.39 bits per heavy atom. The fourth-order valence-electron chi connectivity index (χ4n) is 2.06. The third-order valence-electron chi connectivity index (χ3n) is 3.00. The number of aryl methyl sites for hydroxylation is 1. The predicted molar refractivity (Wildman–Crippen MR) is 70.4 cm³/mol. The lowest BCUT2D eigenvalue weighted by molar-refractivity contribution is -0.119. The second-order valence-electron chi connectivity index (χ2n) is 5.05. The molecule has 1 aliphatic carbocycles. The predicted octanol–water partition coefficient (Wildman–Crippen LogP) is 1.15. The van der Waals surface area contributed by atoms with Crippen LogP contribution in [0.4, 0.5) is 5.82 Å². The van der Waals surface area contributed by atoms with Gasteiger partial charge in [-0.25, -0.2) is 9.97 Å². The average Bonchev–Trinajstić information content (AvgIpc) is 2.82. The van der Waals surface area contributed by atoms with Crippen LogP contribution in [0.15, 0.2) is 6.33 Å².